The maximum atomic E-state index is 13.3. The minimum absolute atomic E-state index is 0.0476. The summed E-state index contributed by atoms with van der Waals surface area (Å²) < 4.78 is 28.0. The Balaban J connectivity index is 1.45. The van der Waals surface area contributed by atoms with Gasteiger partial charge < -0.3 is 4.90 Å². The van der Waals surface area contributed by atoms with E-state index in [9.17, 15) is 13.2 Å². The number of rotatable bonds is 5. The largest absolute Gasteiger partial charge is 0.339 e. The van der Waals surface area contributed by atoms with Crippen LogP contribution in [0, 0.1) is 12.8 Å². The first kappa shape index (κ1) is 23.0. The van der Waals surface area contributed by atoms with Crippen molar-refractivity contribution in [1.29, 1.82) is 0 Å². The summed E-state index contributed by atoms with van der Waals surface area (Å²) in [5, 5.41) is 0. The fraction of sp³-hybridized carbons (Fsp3) is 0.500. The molecule has 2 aromatic carbocycles. The summed E-state index contributed by atoms with van der Waals surface area (Å²) in [6, 6.07) is 15.5. The van der Waals surface area contributed by atoms with Crippen LogP contribution in [0.5, 0.6) is 0 Å². The Hall–Kier alpha value is -2.18. The minimum Gasteiger partial charge on any atom is -0.339 e. The molecule has 5 nitrogen and oxygen atoms in total. The smallest absolute Gasteiger partial charge is 0.254 e. The molecule has 1 amide bonds. The molecule has 0 N–H and O–H groups in total. The molecule has 2 fully saturated rings. The normalized spacial score (nSPS) is 19.0. The van der Waals surface area contributed by atoms with Gasteiger partial charge in [-0.3, -0.25) is 4.79 Å². The van der Waals surface area contributed by atoms with Gasteiger partial charge in [-0.05, 0) is 68.2 Å². The van der Waals surface area contributed by atoms with Gasteiger partial charge in [0.25, 0.3) is 5.91 Å². The van der Waals surface area contributed by atoms with E-state index in [2.05, 4.69) is 24.3 Å². The summed E-state index contributed by atoms with van der Waals surface area (Å²) >= 11 is 0. The molecule has 0 aromatic heterocycles. The number of carbonyl (C=O) groups excluding carboxylic acids is 1. The highest BCUT2D eigenvalue weighted by atomic mass is 32.2. The second kappa shape index (κ2) is 10.2. The number of sulfonamides is 1. The average molecular weight is 455 g/mol. The summed E-state index contributed by atoms with van der Waals surface area (Å²) in [5.74, 6) is 0.533. The Morgan fingerprint density at radius 1 is 0.906 bits per heavy atom. The Morgan fingerprint density at radius 3 is 2.22 bits per heavy atom. The molecule has 2 saturated heterocycles. The van der Waals surface area contributed by atoms with E-state index in [-0.39, 0.29) is 10.8 Å². The highest BCUT2D eigenvalue weighted by Crippen LogP contribution is 2.26. The topological polar surface area (TPSA) is 57.7 Å². The third-order valence-corrected chi connectivity index (χ3v) is 8.81. The molecule has 172 valence electrons. The van der Waals surface area contributed by atoms with Gasteiger partial charge in [0.1, 0.15) is 0 Å². The van der Waals surface area contributed by atoms with Crippen LogP contribution in [0.1, 0.15) is 60.0 Å². The van der Waals surface area contributed by atoms with Gasteiger partial charge in [0.15, 0.2) is 0 Å². The zero-order valence-corrected chi connectivity index (χ0v) is 19.8. The van der Waals surface area contributed by atoms with Gasteiger partial charge >= 0.3 is 0 Å². The van der Waals surface area contributed by atoms with E-state index in [0.717, 1.165) is 63.6 Å². The Morgan fingerprint density at radius 2 is 1.56 bits per heavy atom. The van der Waals surface area contributed by atoms with E-state index in [4.69, 9.17) is 0 Å². The molecule has 0 aliphatic carbocycles. The molecule has 2 aliphatic rings. The predicted molar refractivity (Wildman–Crippen MR) is 127 cm³/mol. The highest BCUT2D eigenvalue weighted by molar-refractivity contribution is 7.89. The summed E-state index contributed by atoms with van der Waals surface area (Å²) in [4.78, 5) is 15.5. The average Bonchev–Trinajstić information content (AvgIpc) is 3.10. The van der Waals surface area contributed by atoms with E-state index in [1.165, 1.54) is 5.56 Å². The molecule has 2 heterocycles. The lowest BCUT2D eigenvalue weighted by molar-refractivity contribution is 0.0689. The van der Waals surface area contributed by atoms with Crippen molar-refractivity contribution in [2.45, 2.75) is 56.8 Å². The fourth-order valence-corrected chi connectivity index (χ4v) is 6.42. The Bertz CT molecular complexity index is 1020. The number of hydrogen-bond donors (Lipinski definition) is 0. The molecule has 0 spiro atoms. The predicted octanol–water partition coefficient (Wildman–Crippen LogP) is 4.65. The van der Waals surface area contributed by atoms with Crippen LogP contribution in [0.4, 0.5) is 0 Å². The number of carbonyl (C=O) groups is 1. The van der Waals surface area contributed by atoms with E-state index in [1.807, 2.05) is 17.9 Å². The van der Waals surface area contributed by atoms with Crippen molar-refractivity contribution in [3.8, 4) is 0 Å². The standard InChI is InChI=1S/C26H34N2O3S/c1-21-11-12-24(32(30,31)28-15-7-2-3-8-16-28)20-25(21)26(29)27-17-13-23(14-18-27)19-22-9-5-4-6-10-22/h4-6,9-12,20,23H,2-3,7-8,13-19H2,1H3. The monoisotopic (exact) mass is 454 g/mol. The van der Waals surface area contributed by atoms with Crippen molar-refractivity contribution < 1.29 is 13.2 Å². The van der Waals surface area contributed by atoms with Crippen molar-refractivity contribution in [3.63, 3.8) is 0 Å². The maximum Gasteiger partial charge on any atom is 0.254 e. The van der Waals surface area contributed by atoms with Gasteiger partial charge in [0.05, 0.1) is 4.90 Å². The highest BCUT2D eigenvalue weighted by Gasteiger charge is 2.29. The molecule has 0 atom stereocenters. The lowest BCUT2D eigenvalue weighted by Crippen LogP contribution is -2.39. The summed E-state index contributed by atoms with van der Waals surface area (Å²) in [7, 11) is -3.57. The van der Waals surface area contributed by atoms with Crippen molar-refractivity contribution in [2.24, 2.45) is 5.92 Å². The van der Waals surface area contributed by atoms with E-state index in [1.54, 1.807) is 22.5 Å². The SMILES string of the molecule is Cc1ccc(S(=O)(=O)N2CCCCCC2)cc1C(=O)N1CCC(Cc2ccccc2)CC1. The van der Waals surface area contributed by atoms with Crippen molar-refractivity contribution >= 4 is 15.9 Å². The number of amides is 1. The van der Waals surface area contributed by atoms with Crippen LogP contribution in [-0.2, 0) is 16.4 Å². The van der Waals surface area contributed by atoms with Gasteiger partial charge in [0.2, 0.25) is 10.0 Å². The molecule has 32 heavy (non-hydrogen) atoms. The molecule has 0 unspecified atom stereocenters. The maximum absolute atomic E-state index is 13.3. The van der Waals surface area contributed by atoms with Gasteiger partial charge in [-0.15, -0.1) is 0 Å². The van der Waals surface area contributed by atoms with Crippen LogP contribution in [0.2, 0.25) is 0 Å². The quantitative estimate of drug-likeness (QED) is 0.661. The number of likely N-dealkylation sites (tertiary alicyclic amines) is 1. The van der Waals surface area contributed by atoms with Crippen LogP contribution in [-0.4, -0.2) is 49.7 Å². The van der Waals surface area contributed by atoms with Crippen molar-refractivity contribution in [1.82, 2.24) is 9.21 Å². The van der Waals surface area contributed by atoms with Gasteiger partial charge in [-0.1, -0.05) is 49.2 Å². The second-order valence-corrected chi connectivity index (χ2v) is 11.2. The lowest BCUT2D eigenvalue weighted by atomic mass is 9.90. The molecule has 2 aromatic rings. The summed E-state index contributed by atoms with van der Waals surface area (Å²) in [5.41, 5.74) is 2.69. The summed E-state index contributed by atoms with van der Waals surface area (Å²) in [6.07, 6.45) is 6.94. The molecule has 0 radical (unpaired) electrons. The van der Waals surface area contributed by atoms with Crippen LogP contribution < -0.4 is 0 Å². The third-order valence-electron chi connectivity index (χ3n) is 6.91. The third kappa shape index (κ3) is 5.24. The number of aryl methyl sites for hydroxylation is 1. The first-order chi connectivity index (χ1) is 15.4. The minimum atomic E-state index is -3.57. The molecule has 0 saturated carbocycles. The number of hydrogen-bond acceptors (Lipinski definition) is 3. The van der Waals surface area contributed by atoms with E-state index >= 15 is 0 Å². The van der Waals surface area contributed by atoms with Crippen LogP contribution in [0.15, 0.2) is 53.4 Å². The fourth-order valence-electron chi connectivity index (χ4n) is 4.88. The van der Waals surface area contributed by atoms with E-state index < -0.39 is 10.0 Å². The van der Waals surface area contributed by atoms with Gasteiger partial charge in [0, 0.05) is 31.7 Å². The Labute approximate surface area is 192 Å². The first-order valence-electron chi connectivity index (χ1n) is 11.9. The van der Waals surface area contributed by atoms with Crippen molar-refractivity contribution in [2.75, 3.05) is 26.2 Å². The zero-order valence-electron chi connectivity index (χ0n) is 19.0. The zero-order chi connectivity index (χ0) is 22.6. The van der Waals surface area contributed by atoms with Gasteiger partial charge in [-0.25, -0.2) is 8.42 Å². The van der Waals surface area contributed by atoms with Crippen LogP contribution in [0.25, 0.3) is 0 Å². The summed E-state index contributed by atoms with van der Waals surface area (Å²) in [6.45, 7) is 4.46. The number of benzene rings is 2. The Kier molecular flexibility index (Phi) is 7.31. The number of piperidine rings is 1. The molecule has 2 aliphatic heterocycles. The molecular formula is C26H34N2O3S. The molecule has 4 rings (SSSR count). The molecular weight excluding hydrogens is 420 g/mol. The van der Waals surface area contributed by atoms with Gasteiger partial charge in [-0.2, -0.15) is 4.31 Å². The first-order valence-corrected chi connectivity index (χ1v) is 13.3. The second-order valence-electron chi connectivity index (χ2n) is 9.22. The lowest BCUT2D eigenvalue weighted by Gasteiger charge is -2.32. The molecule has 6 heteroatoms. The van der Waals surface area contributed by atoms with Crippen LogP contribution >= 0.6 is 0 Å². The van der Waals surface area contributed by atoms with Crippen LogP contribution in [0.3, 0.4) is 0 Å². The van der Waals surface area contributed by atoms with Crippen molar-refractivity contribution in [3.05, 3.63) is 65.2 Å². The number of nitrogens with zero attached hydrogens (tertiary/aromatic N) is 2. The van der Waals surface area contributed by atoms with E-state index in [0.29, 0.717) is 24.6 Å². The molecule has 0 bridgehead atoms.